The molecule has 0 atom stereocenters. The summed E-state index contributed by atoms with van der Waals surface area (Å²) in [5.74, 6) is 1.88. The summed E-state index contributed by atoms with van der Waals surface area (Å²) in [6.07, 6.45) is 0. The predicted molar refractivity (Wildman–Crippen MR) is 237 cm³/mol. The van der Waals surface area contributed by atoms with Crippen LogP contribution in [0.4, 0.5) is 0 Å². The molecule has 10 aromatic rings. The Balaban J connectivity index is 1.11. The van der Waals surface area contributed by atoms with Crippen LogP contribution in [0.15, 0.2) is 188 Å². The number of hydrogen-bond donors (Lipinski definition) is 0. The molecule has 0 bridgehead atoms. The monoisotopic (exact) mass is 743 g/mol. The van der Waals surface area contributed by atoms with Crippen molar-refractivity contribution in [3.63, 3.8) is 0 Å². The second-order valence-electron chi connectivity index (χ2n) is 15.5. The van der Waals surface area contributed by atoms with Crippen LogP contribution < -0.4 is 0 Å². The molecule has 3 aromatic heterocycles. The molecule has 5 nitrogen and oxygen atoms in total. The van der Waals surface area contributed by atoms with Crippen LogP contribution in [0.2, 0.25) is 0 Å². The summed E-state index contributed by atoms with van der Waals surface area (Å²) in [6, 6.07) is 66.0. The molecule has 274 valence electrons. The van der Waals surface area contributed by atoms with Crippen molar-refractivity contribution < 1.29 is 0 Å². The third kappa shape index (κ3) is 5.47. The second-order valence-corrected chi connectivity index (χ2v) is 15.5. The van der Waals surface area contributed by atoms with Crippen molar-refractivity contribution >= 4 is 21.9 Å². The summed E-state index contributed by atoms with van der Waals surface area (Å²) in [4.78, 5) is 20.5. The first-order chi connectivity index (χ1) is 28.5. The number of nitrogens with zero attached hydrogens (tertiary/aromatic N) is 5. The highest BCUT2D eigenvalue weighted by atomic mass is 15.0. The zero-order valence-electron chi connectivity index (χ0n) is 32.1. The molecule has 0 spiro atoms. The fourth-order valence-corrected chi connectivity index (χ4v) is 8.81. The number of rotatable bonds is 6. The number of fused-ring (bicyclic) bond motifs is 6. The van der Waals surface area contributed by atoms with Crippen LogP contribution >= 0.6 is 0 Å². The zero-order chi connectivity index (χ0) is 38.8. The molecule has 0 saturated carbocycles. The van der Waals surface area contributed by atoms with Crippen LogP contribution in [-0.4, -0.2) is 24.5 Å². The van der Waals surface area contributed by atoms with Gasteiger partial charge in [0.25, 0.3) is 0 Å². The van der Waals surface area contributed by atoms with Gasteiger partial charge in [0.05, 0.1) is 22.2 Å². The normalized spacial score (nSPS) is 12.8. The zero-order valence-corrected chi connectivity index (χ0v) is 32.1. The fourth-order valence-electron chi connectivity index (χ4n) is 8.81. The Kier molecular flexibility index (Phi) is 7.76. The van der Waals surface area contributed by atoms with Crippen LogP contribution in [-0.2, 0) is 5.41 Å². The van der Waals surface area contributed by atoms with Gasteiger partial charge in [0, 0.05) is 44.3 Å². The summed E-state index contributed by atoms with van der Waals surface area (Å²) in [5, 5.41) is 1.09. The number of aromatic nitrogens is 5. The van der Waals surface area contributed by atoms with Gasteiger partial charge in [-0.3, -0.25) is 0 Å². The van der Waals surface area contributed by atoms with Crippen LogP contribution in [0.25, 0.3) is 95.3 Å². The first-order valence-corrected chi connectivity index (χ1v) is 19.7. The Morgan fingerprint density at radius 2 is 0.966 bits per heavy atom. The maximum absolute atomic E-state index is 5.49. The molecule has 0 radical (unpaired) electrons. The summed E-state index contributed by atoms with van der Waals surface area (Å²) >= 11 is 0. The van der Waals surface area contributed by atoms with Crippen LogP contribution in [0, 0.1) is 0 Å². The van der Waals surface area contributed by atoms with E-state index in [4.69, 9.17) is 19.9 Å². The van der Waals surface area contributed by atoms with Crippen molar-refractivity contribution in [1.29, 1.82) is 0 Å². The van der Waals surface area contributed by atoms with E-state index in [0.717, 1.165) is 66.7 Å². The van der Waals surface area contributed by atoms with E-state index in [9.17, 15) is 0 Å². The van der Waals surface area contributed by atoms with Gasteiger partial charge in [-0.25, -0.2) is 19.9 Å². The number of para-hydroxylation sites is 1. The van der Waals surface area contributed by atoms with Gasteiger partial charge in [0.15, 0.2) is 17.5 Å². The minimum atomic E-state index is -0.0504. The number of pyridine rings is 1. The lowest BCUT2D eigenvalue weighted by Gasteiger charge is -2.21. The third-order valence-corrected chi connectivity index (χ3v) is 11.7. The molecule has 1 aliphatic rings. The molecule has 5 heteroatoms. The van der Waals surface area contributed by atoms with Crippen LogP contribution in [0.3, 0.4) is 0 Å². The van der Waals surface area contributed by atoms with E-state index in [1.807, 2.05) is 60.7 Å². The average Bonchev–Trinajstić information content (AvgIpc) is 3.75. The maximum Gasteiger partial charge on any atom is 0.164 e. The Labute approximate surface area is 337 Å². The van der Waals surface area contributed by atoms with Gasteiger partial charge in [0.1, 0.15) is 0 Å². The number of benzene rings is 7. The molecule has 1 aliphatic carbocycles. The molecule has 0 N–H and O–H groups in total. The summed E-state index contributed by atoms with van der Waals surface area (Å²) < 4.78 is 2.35. The molecule has 0 unspecified atom stereocenters. The smallest absolute Gasteiger partial charge is 0.164 e. The van der Waals surface area contributed by atoms with Gasteiger partial charge < -0.3 is 4.57 Å². The summed E-state index contributed by atoms with van der Waals surface area (Å²) in [7, 11) is 0. The van der Waals surface area contributed by atoms with Crippen molar-refractivity contribution in [2.75, 3.05) is 0 Å². The van der Waals surface area contributed by atoms with Crippen molar-refractivity contribution in [2.24, 2.45) is 0 Å². The van der Waals surface area contributed by atoms with Crippen LogP contribution in [0.5, 0.6) is 0 Å². The van der Waals surface area contributed by atoms with Gasteiger partial charge in [-0.15, -0.1) is 0 Å². The largest absolute Gasteiger partial charge is 0.307 e. The van der Waals surface area contributed by atoms with Crippen LogP contribution in [0.1, 0.15) is 25.0 Å². The Morgan fingerprint density at radius 1 is 0.397 bits per heavy atom. The van der Waals surface area contributed by atoms with Crippen molar-refractivity contribution in [3.05, 3.63) is 199 Å². The van der Waals surface area contributed by atoms with E-state index in [-0.39, 0.29) is 5.41 Å². The first-order valence-electron chi connectivity index (χ1n) is 19.7. The van der Waals surface area contributed by atoms with E-state index in [2.05, 4.69) is 146 Å². The Bertz CT molecular complexity index is 3130. The third-order valence-electron chi connectivity index (χ3n) is 11.7. The minimum absolute atomic E-state index is 0.0504. The highest BCUT2D eigenvalue weighted by Gasteiger charge is 2.35. The average molecular weight is 744 g/mol. The van der Waals surface area contributed by atoms with Crippen molar-refractivity contribution in [3.8, 4) is 73.4 Å². The van der Waals surface area contributed by atoms with Crippen molar-refractivity contribution in [2.45, 2.75) is 19.3 Å². The lowest BCUT2D eigenvalue weighted by molar-refractivity contribution is 0.660. The molecular weight excluding hydrogens is 707 g/mol. The summed E-state index contributed by atoms with van der Waals surface area (Å²) in [5.41, 5.74) is 16.4. The lowest BCUT2D eigenvalue weighted by Crippen LogP contribution is -2.14. The minimum Gasteiger partial charge on any atom is -0.307 e. The first kappa shape index (κ1) is 33.8. The Hall–Kier alpha value is -7.50. The second kappa shape index (κ2) is 13.3. The molecule has 58 heavy (non-hydrogen) atoms. The molecule has 0 fully saturated rings. The summed E-state index contributed by atoms with van der Waals surface area (Å²) in [6.45, 7) is 4.64. The van der Waals surface area contributed by atoms with E-state index >= 15 is 0 Å². The molecular formula is C53H37N5. The highest BCUT2D eigenvalue weighted by Crippen LogP contribution is 2.49. The van der Waals surface area contributed by atoms with Gasteiger partial charge in [-0.1, -0.05) is 172 Å². The molecule has 0 aliphatic heterocycles. The maximum atomic E-state index is 5.49. The lowest BCUT2D eigenvalue weighted by atomic mass is 9.82. The van der Waals surface area contributed by atoms with Gasteiger partial charge in [-0.05, 0) is 58.1 Å². The quantitative estimate of drug-likeness (QED) is 0.170. The van der Waals surface area contributed by atoms with E-state index in [1.165, 1.54) is 22.3 Å². The predicted octanol–water partition coefficient (Wildman–Crippen LogP) is 13.0. The topological polar surface area (TPSA) is 56.5 Å². The van der Waals surface area contributed by atoms with Gasteiger partial charge in [-0.2, -0.15) is 0 Å². The molecule has 0 amide bonds. The Morgan fingerprint density at radius 3 is 1.67 bits per heavy atom. The van der Waals surface area contributed by atoms with E-state index < -0.39 is 0 Å². The molecule has 11 rings (SSSR count). The molecule has 7 aromatic carbocycles. The van der Waals surface area contributed by atoms with Crippen molar-refractivity contribution in [1.82, 2.24) is 24.5 Å². The standard InChI is InChI=1S/C53H37N5/c1-53(2)44-27-13-12-24-41(44)43-33-37(28-29-45(43)53)46-30-31-47-48(54-46)42-26-15-25-40(34-16-6-3-7-17-34)49(42)58(47)39-23-14-22-38(32-39)52-56-50(35-18-8-4-9-19-35)55-51(57-52)36-20-10-5-11-21-36/h3-33H,1-2H3. The van der Waals surface area contributed by atoms with E-state index in [1.54, 1.807) is 0 Å². The highest BCUT2D eigenvalue weighted by molar-refractivity contribution is 6.12. The van der Waals surface area contributed by atoms with Gasteiger partial charge >= 0.3 is 0 Å². The molecule has 0 saturated heterocycles. The van der Waals surface area contributed by atoms with E-state index in [0.29, 0.717) is 17.5 Å². The van der Waals surface area contributed by atoms with Gasteiger partial charge in [0.2, 0.25) is 0 Å². The number of hydrogen-bond acceptors (Lipinski definition) is 4. The SMILES string of the molecule is CC1(C)c2ccccc2-c2cc(-c3ccc4c(n3)c3cccc(-c5ccccc5)c3n4-c3cccc(-c4nc(-c5ccccc5)nc(-c5ccccc5)n4)c3)ccc21. The fraction of sp³-hybridized carbons (Fsp3) is 0.0566. The molecule has 3 heterocycles.